The molecule has 3 nitrogen and oxygen atoms in total. The predicted molar refractivity (Wildman–Crippen MR) is 84.4 cm³/mol. The van der Waals surface area contributed by atoms with Gasteiger partial charge in [-0.05, 0) is 41.6 Å². The maximum absolute atomic E-state index is 13.0. The molecule has 0 saturated heterocycles. The lowest BCUT2D eigenvalue weighted by atomic mass is 10.1. The molecule has 0 saturated carbocycles. The Labute approximate surface area is 132 Å². The Balaban J connectivity index is 2.18. The fourth-order valence-corrected chi connectivity index (χ4v) is 2.51. The van der Waals surface area contributed by atoms with Gasteiger partial charge in [-0.15, -0.1) is 11.3 Å². The van der Waals surface area contributed by atoms with Crippen LogP contribution in [0.5, 0.6) is 0 Å². The smallest absolute Gasteiger partial charge is 0.339 e. The average molecular weight is 315 g/mol. The van der Waals surface area contributed by atoms with Crippen LogP contribution in [0.1, 0.15) is 23.3 Å². The van der Waals surface area contributed by atoms with Crippen molar-refractivity contribution >= 4 is 29.0 Å². The number of unbranched alkanes of at least 4 members (excludes halogenated alkanes) is 1. The summed E-state index contributed by atoms with van der Waals surface area (Å²) in [7, 11) is 0. The highest BCUT2D eigenvalue weighted by Gasteiger charge is 2.14. The van der Waals surface area contributed by atoms with Crippen LogP contribution in [0.4, 0.5) is 4.39 Å². The van der Waals surface area contributed by atoms with Gasteiger partial charge in [-0.3, -0.25) is 0 Å². The van der Waals surface area contributed by atoms with E-state index in [-0.39, 0.29) is 12.4 Å². The molecule has 0 N–H and O–H groups in total. The molecule has 0 aliphatic heterocycles. The van der Waals surface area contributed by atoms with Crippen LogP contribution >= 0.6 is 11.3 Å². The van der Waals surface area contributed by atoms with Gasteiger partial charge in [-0.1, -0.05) is 18.2 Å². The van der Waals surface area contributed by atoms with Crippen LogP contribution in [0.3, 0.4) is 0 Å². The minimum absolute atomic E-state index is 0.207. The lowest BCUT2D eigenvalue weighted by molar-refractivity contribution is -0.136. The van der Waals surface area contributed by atoms with E-state index in [2.05, 4.69) is 0 Å². The molecular weight excluding hydrogens is 301 g/mol. The third-order valence-corrected chi connectivity index (χ3v) is 3.76. The van der Waals surface area contributed by atoms with Crippen LogP contribution in [0.2, 0.25) is 0 Å². The Morgan fingerprint density at radius 1 is 1.32 bits per heavy atom. The summed E-state index contributed by atoms with van der Waals surface area (Å²) in [6.45, 7) is 0.207. The molecule has 22 heavy (non-hydrogen) atoms. The van der Waals surface area contributed by atoms with Crippen LogP contribution in [0.25, 0.3) is 11.6 Å². The van der Waals surface area contributed by atoms with E-state index in [0.29, 0.717) is 18.4 Å². The molecule has 2 aromatic rings. The third kappa shape index (κ3) is 4.54. The third-order valence-electron chi connectivity index (χ3n) is 2.85. The minimum atomic E-state index is -0.440. The number of nitrogens with zero attached hydrogens (tertiary/aromatic N) is 1. The number of carbonyl (C=O) groups is 1. The first-order valence-corrected chi connectivity index (χ1v) is 7.64. The number of hydrogen-bond donors (Lipinski definition) is 0. The molecular formula is C17H14FNO2S. The second-order valence-electron chi connectivity index (χ2n) is 4.48. The van der Waals surface area contributed by atoms with Gasteiger partial charge in [0.05, 0.1) is 18.2 Å². The first-order chi connectivity index (χ1) is 10.7. The van der Waals surface area contributed by atoms with E-state index in [4.69, 9.17) is 10.00 Å². The summed E-state index contributed by atoms with van der Waals surface area (Å²) in [5, 5.41) is 10.3. The number of esters is 1. The number of ether oxygens (including phenoxy) is 1. The maximum Gasteiger partial charge on any atom is 0.339 e. The molecule has 0 aliphatic rings. The van der Waals surface area contributed by atoms with Gasteiger partial charge >= 0.3 is 5.97 Å². The van der Waals surface area contributed by atoms with E-state index in [1.165, 1.54) is 23.5 Å². The van der Waals surface area contributed by atoms with Crippen molar-refractivity contribution < 1.29 is 13.9 Å². The van der Waals surface area contributed by atoms with Crippen LogP contribution in [0, 0.1) is 17.1 Å². The van der Waals surface area contributed by atoms with E-state index < -0.39 is 5.97 Å². The number of benzene rings is 1. The molecule has 0 bridgehead atoms. The van der Waals surface area contributed by atoms with Crippen molar-refractivity contribution in [2.45, 2.75) is 12.8 Å². The zero-order valence-corrected chi connectivity index (χ0v) is 12.6. The highest BCUT2D eigenvalue weighted by atomic mass is 32.1. The second kappa shape index (κ2) is 8.11. The van der Waals surface area contributed by atoms with Crippen molar-refractivity contribution in [1.29, 1.82) is 5.26 Å². The molecule has 0 radical (unpaired) electrons. The van der Waals surface area contributed by atoms with Gasteiger partial charge in [0.1, 0.15) is 5.82 Å². The molecule has 2 rings (SSSR count). The quantitative estimate of drug-likeness (QED) is 0.454. The number of halogens is 1. The van der Waals surface area contributed by atoms with Crippen molar-refractivity contribution in [3.63, 3.8) is 0 Å². The zero-order chi connectivity index (χ0) is 15.8. The van der Waals surface area contributed by atoms with Crippen molar-refractivity contribution in [3.05, 3.63) is 58.0 Å². The van der Waals surface area contributed by atoms with E-state index in [1.54, 1.807) is 18.2 Å². The van der Waals surface area contributed by atoms with Gasteiger partial charge < -0.3 is 4.74 Å². The lowest BCUT2D eigenvalue weighted by Crippen LogP contribution is -2.07. The Hall–Kier alpha value is -2.45. The molecule has 0 fully saturated rings. The number of rotatable bonds is 6. The number of carbonyl (C=O) groups excluding carboxylic acids is 1. The minimum Gasteiger partial charge on any atom is -0.462 e. The average Bonchev–Trinajstić information content (AvgIpc) is 3.05. The largest absolute Gasteiger partial charge is 0.462 e. The van der Waals surface area contributed by atoms with E-state index in [9.17, 15) is 9.18 Å². The van der Waals surface area contributed by atoms with Gasteiger partial charge in [0.2, 0.25) is 0 Å². The second-order valence-corrected chi connectivity index (χ2v) is 5.43. The Morgan fingerprint density at radius 3 is 2.73 bits per heavy atom. The van der Waals surface area contributed by atoms with Crippen LogP contribution in [-0.2, 0) is 9.53 Å². The normalized spacial score (nSPS) is 11.0. The summed E-state index contributed by atoms with van der Waals surface area (Å²) >= 11 is 1.43. The van der Waals surface area contributed by atoms with Crippen molar-refractivity contribution in [3.8, 4) is 6.07 Å². The van der Waals surface area contributed by atoms with Crippen molar-refractivity contribution in [2.75, 3.05) is 6.61 Å². The summed E-state index contributed by atoms with van der Waals surface area (Å²) in [5.41, 5.74) is 1.15. The molecule has 112 valence electrons. The van der Waals surface area contributed by atoms with Gasteiger partial charge in [-0.25, -0.2) is 9.18 Å². The molecule has 1 heterocycles. The zero-order valence-electron chi connectivity index (χ0n) is 11.8. The number of thiophene rings is 1. The van der Waals surface area contributed by atoms with Crippen LogP contribution < -0.4 is 0 Å². The standard InChI is InChI=1S/C17H14FNO2S/c18-14-7-5-13(6-8-14)12-15(16-4-3-11-22-16)17(20)21-10-2-1-9-19/h3-8,11-12H,1-2,10H2/b15-12+. The Bertz CT molecular complexity index is 684. The van der Waals surface area contributed by atoms with Gasteiger partial charge in [0.25, 0.3) is 0 Å². The first kappa shape index (κ1) is 15.9. The van der Waals surface area contributed by atoms with Gasteiger partial charge in [0.15, 0.2) is 0 Å². The van der Waals surface area contributed by atoms with Crippen LogP contribution in [-0.4, -0.2) is 12.6 Å². The number of hydrogen-bond acceptors (Lipinski definition) is 4. The van der Waals surface area contributed by atoms with Crippen LogP contribution in [0.15, 0.2) is 41.8 Å². The summed E-state index contributed by atoms with van der Waals surface area (Å²) in [5.74, 6) is -0.765. The fraction of sp³-hybridized carbons (Fsp3) is 0.176. The van der Waals surface area contributed by atoms with Gasteiger partial charge in [0, 0.05) is 11.3 Å². The molecule has 5 heteroatoms. The van der Waals surface area contributed by atoms with E-state index >= 15 is 0 Å². The molecule has 0 atom stereocenters. The highest BCUT2D eigenvalue weighted by Crippen LogP contribution is 2.24. The molecule has 0 spiro atoms. The SMILES string of the molecule is N#CCCCOC(=O)/C(=C/c1ccc(F)cc1)c1cccs1. The predicted octanol–water partition coefficient (Wildman–Crippen LogP) is 4.27. The molecule has 1 aromatic carbocycles. The molecule has 0 aliphatic carbocycles. The maximum atomic E-state index is 13.0. The Kier molecular flexibility index (Phi) is 5.87. The summed E-state index contributed by atoms with van der Waals surface area (Å²) < 4.78 is 18.2. The molecule has 1 aromatic heterocycles. The monoisotopic (exact) mass is 315 g/mol. The number of nitriles is 1. The fourth-order valence-electron chi connectivity index (χ4n) is 1.78. The molecule has 0 amide bonds. The summed E-state index contributed by atoms with van der Waals surface area (Å²) in [6.07, 6.45) is 2.54. The Morgan fingerprint density at radius 2 is 2.09 bits per heavy atom. The summed E-state index contributed by atoms with van der Waals surface area (Å²) in [6, 6.07) is 11.6. The van der Waals surface area contributed by atoms with E-state index in [1.807, 2.05) is 23.6 Å². The molecule has 0 unspecified atom stereocenters. The first-order valence-electron chi connectivity index (χ1n) is 6.76. The van der Waals surface area contributed by atoms with Gasteiger partial charge in [-0.2, -0.15) is 5.26 Å². The van der Waals surface area contributed by atoms with E-state index in [0.717, 1.165) is 10.4 Å². The van der Waals surface area contributed by atoms with Crippen molar-refractivity contribution in [2.24, 2.45) is 0 Å². The summed E-state index contributed by atoms with van der Waals surface area (Å²) in [4.78, 5) is 13.0. The van der Waals surface area contributed by atoms with Crippen molar-refractivity contribution in [1.82, 2.24) is 0 Å². The topological polar surface area (TPSA) is 50.1 Å². The lowest BCUT2D eigenvalue weighted by Gasteiger charge is -2.06. The highest BCUT2D eigenvalue weighted by molar-refractivity contribution is 7.11.